The number of fused-ring (bicyclic) bond motifs is 3. The lowest BCUT2D eigenvalue weighted by molar-refractivity contribution is 1.18. The second-order valence-corrected chi connectivity index (χ2v) is 7.53. The molecule has 2 heteroatoms. The predicted octanol–water partition coefficient (Wildman–Crippen LogP) is 7.17. The zero-order valence-corrected chi connectivity index (χ0v) is 15.9. The first-order chi connectivity index (χ1) is 13.3. The number of para-hydroxylation sites is 1. The minimum absolute atomic E-state index is 1.19. The first kappa shape index (κ1) is 16.2. The molecule has 0 fully saturated rings. The van der Waals surface area contributed by atoms with E-state index in [2.05, 4.69) is 108 Å². The summed E-state index contributed by atoms with van der Waals surface area (Å²) in [5.74, 6) is 0. The highest BCUT2D eigenvalue weighted by Gasteiger charge is 2.12. The Kier molecular flexibility index (Phi) is 3.99. The van der Waals surface area contributed by atoms with Crippen LogP contribution in [0.4, 0.5) is 0 Å². The van der Waals surface area contributed by atoms with Crippen molar-refractivity contribution in [2.75, 3.05) is 6.26 Å². The number of thioether (sulfide) groups is 1. The van der Waals surface area contributed by atoms with Crippen molar-refractivity contribution in [2.24, 2.45) is 0 Å². The van der Waals surface area contributed by atoms with Crippen molar-refractivity contribution >= 4 is 33.6 Å². The summed E-state index contributed by atoms with van der Waals surface area (Å²) in [7, 11) is 0. The van der Waals surface area contributed by atoms with E-state index in [9.17, 15) is 0 Å². The van der Waals surface area contributed by atoms with Crippen LogP contribution >= 0.6 is 11.8 Å². The van der Waals surface area contributed by atoms with Crippen molar-refractivity contribution < 1.29 is 0 Å². The molecule has 0 radical (unpaired) electrons. The van der Waals surface area contributed by atoms with Crippen LogP contribution in [0.3, 0.4) is 0 Å². The molecule has 0 amide bonds. The van der Waals surface area contributed by atoms with Crippen molar-refractivity contribution in [1.29, 1.82) is 0 Å². The van der Waals surface area contributed by atoms with E-state index in [0.29, 0.717) is 0 Å². The highest BCUT2D eigenvalue weighted by molar-refractivity contribution is 7.98. The summed E-state index contributed by atoms with van der Waals surface area (Å²) < 4.78 is 2.36. The van der Waals surface area contributed by atoms with Gasteiger partial charge >= 0.3 is 0 Å². The number of nitrogens with zero attached hydrogens (tertiary/aromatic N) is 1. The third kappa shape index (κ3) is 2.73. The van der Waals surface area contributed by atoms with Crippen LogP contribution in [-0.4, -0.2) is 10.8 Å². The van der Waals surface area contributed by atoms with Crippen molar-refractivity contribution in [3.63, 3.8) is 0 Å². The molecule has 0 aliphatic rings. The van der Waals surface area contributed by atoms with Gasteiger partial charge in [0.1, 0.15) is 0 Å². The van der Waals surface area contributed by atoms with Crippen LogP contribution in [0.5, 0.6) is 0 Å². The van der Waals surface area contributed by atoms with Crippen molar-refractivity contribution in [1.82, 2.24) is 4.57 Å². The monoisotopic (exact) mass is 365 g/mol. The fourth-order valence-electron chi connectivity index (χ4n) is 3.79. The van der Waals surface area contributed by atoms with E-state index in [1.807, 2.05) is 0 Å². The van der Waals surface area contributed by atoms with Crippen LogP contribution in [0.2, 0.25) is 0 Å². The molecule has 5 aromatic rings. The molecule has 0 aliphatic carbocycles. The molecule has 1 aromatic heterocycles. The Morgan fingerprint density at radius 3 is 2.04 bits per heavy atom. The van der Waals surface area contributed by atoms with E-state index < -0.39 is 0 Å². The maximum absolute atomic E-state index is 2.36. The molecule has 0 saturated carbocycles. The molecular weight excluding hydrogens is 346 g/mol. The lowest BCUT2D eigenvalue weighted by Gasteiger charge is -2.09. The van der Waals surface area contributed by atoms with Gasteiger partial charge < -0.3 is 4.57 Å². The Bertz CT molecular complexity index is 1230. The summed E-state index contributed by atoms with van der Waals surface area (Å²) in [6, 6.07) is 34.8. The topological polar surface area (TPSA) is 4.93 Å². The average Bonchev–Trinajstić information content (AvgIpc) is 3.08. The fourth-order valence-corrected chi connectivity index (χ4v) is 4.23. The van der Waals surface area contributed by atoms with Crippen LogP contribution in [0.1, 0.15) is 0 Å². The van der Waals surface area contributed by atoms with Gasteiger partial charge in [0.05, 0.1) is 11.0 Å². The predicted molar refractivity (Wildman–Crippen MR) is 118 cm³/mol. The molecule has 0 aliphatic heterocycles. The summed E-state index contributed by atoms with van der Waals surface area (Å²) >= 11 is 1.79. The minimum Gasteiger partial charge on any atom is -0.309 e. The zero-order chi connectivity index (χ0) is 18.2. The van der Waals surface area contributed by atoms with Gasteiger partial charge in [0.25, 0.3) is 0 Å². The van der Waals surface area contributed by atoms with Gasteiger partial charge in [-0.1, -0.05) is 60.7 Å². The SMILES string of the molecule is CSc1ccc2c(c1)c1ccccc1n2-c1ccc(-c2ccccc2)cc1. The maximum Gasteiger partial charge on any atom is 0.0541 e. The number of benzene rings is 4. The van der Waals surface area contributed by atoms with E-state index in [0.717, 1.165) is 0 Å². The van der Waals surface area contributed by atoms with Crippen molar-refractivity contribution in [3.8, 4) is 16.8 Å². The second kappa shape index (κ2) is 6.64. The Hall–Kier alpha value is -2.97. The summed E-state index contributed by atoms with van der Waals surface area (Å²) in [6.07, 6.45) is 2.13. The van der Waals surface area contributed by atoms with E-state index in [4.69, 9.17) is 0 Å². The van der Waals surface area contributed by atoms with E-state index in [1.54, 1.807) is 11.8 Å². The Labute approximate surface area is 163 Å². The van der Waals surface area contributed by atoms with Crippen LogP contribution in [-0.2, 0) is 0 Å². The maximum atomic E-state index is 2.36. The van der Waals surface area contributed by atoms with E-state index in [-0.39, 0.29) is 0 Å². The molecule has 0 spiro atoms. The first-order valence-electron chi connectivity index (χ1n) is 9.08. The van der Waals surface area contributed by atoms with Gasteiger partial charge in [-0.3, -0.25) is 0 Å². The Morgan fingerprint density at radius 2 is 1.26 bits per heavy atom. The normalized spacial score (nSPS) is 11.3. The lowest BCUT2D eigenvalue weighted by Crippen LogP contribution is -1.93. The molecule has 130 valence electrons. The molecule has 1 heterocycles. The fraction of sp³-hybridized carbons (Fsp3) is 0.0400. The zero-order valence-electron chi connectivity index (χ0n) is 15.1. The molecule has 1 nitrogen and oxygen atoms in total. The quantitative estimate of drug-likeness (QED) is 0.307. The molecule has 0 saturated heterocycles. The van der Waals surface area contributed by atoms with Crippen LogP contribution < -0.4 is 0 Å². The largest absolute Gasteiger partial charge is 0.309 e. The highest BCUT2D eigenvalue weighted by Crippen LogP contribution is 2.34. The molecule has 0 atom stereocenters. The van der Waals surface area contributed by atoms with Gasteiger partial charge in [-0.2, -0.15) is 0 Å². The molecule has 0 N–H and O–H groups in total. The smallest absolute Gasteiger partial charge is 0.0541 e. The van der Waals surface area contributed by atoms with Crippen molar-refractivity contribution in [2.45, 2.75) is 4.90 Å². The summed E-state index contributed by atoms with van der Waals surface area (Å²) in [5.41, 5.74) is 6.18. The minimum atomic E-state index is 1.19. The average molecular weight is 366 g/mol. The number of rotatable bonds is 3. The molecular formula is C25H19NS. The number of aromatic nitrogens is 1. The number of hydrogen-bond acceptors (Lipinski definition) is 1. The Morgan fingerprint density at radius 1 is 0.593 bits per heavy atom. The Balaban J connectivity index is 1.72. The van der Waals surface area contributed by atoms with E-state index in [1.165, 1.54) is 43.5 Å². The van der Waals surface area contributed by atoms with Crippen molar-refractivity contribution in [3.05, 3.63) is 97.1 Å². The second-order valence-electron chi connectivity index (χ2n) is 6.65. The van der Waals surface area contributed by atoms with Gasteiger partial charge in [-0.15, -0.1) is 11.8 Å². The summed E-state index contributed by atoms with van der Waals surface area (Å²) in [6.45, 7) is 0. The summed E-state index contributed by atoms with van der Waals surface area (Å²) in [5, 5.41) is 2.61. The lowest BCUT2D eigenvalue weighted by atomic mass is 10.1. The van der Waals surface area contributed by atoms with Gasteiger partial charge in [0.2, 0.25) is 0 Å². The van der Waals surface area contributed by atoms with Gasteiger partial charge in [0.15, 0.2) is 0 Å². The molecule has 4 aromatic carbocycles. The van der Waals surface area contributed by atoms with Gasteiger partial charge in [-0.25, -0.2) is 0 Å². The number of hydrogen-bond donors (Lipinski definition) is 0. The van der Waals surface area contributed by atoms with Crippen LogP contribution in [0.25, 0.3) is 38.6 Å². The van der Waals surface area contributed by atoms with Gasteiger partial charge in [-0.05, 0) is 53.8 Å². The van der Waals surface area contributed by atoms with Crippen LogP contribution in [0, 0.1) is 0 Å². The molecule has 27 heavy (non-hydrogen) atoms. The third-order valence-corrected chi connectivity index (χ3v) is 5.84. The molecule has 0 unspecified atom stereocenters. The standard InChI is InChI=1S/C25H19NS/c1-27-21-15-16-25-23(17-21)22-9-5-6-10-24(22)26(25)20-13-11-19(12-14-20)18-7-3-2-4-8-18/h2-17H,1H3. The first-order valence-corrected chi connectivity index (χ1v) is 10.3. The highest BCUT2D eigenvalue weighted by atomic mass is 32.2. The molecule has 5 rings (SSSR count). The third-order valence-electron chi connectivity index (χ3n) is 5.11. The summed E-state index contributed by atoms with van der Waals surface area (Å²) in [4.78, 5) is 1.30. The van der Waals surface area contributed by atoms with E-state index >= 15 is 0 Å². The van der Waals surface area contributed by atoms with Gasteiger partial charge in [0, 0.05) is 21.4 Å². The molecule has 0 bridgehead atoms. The van der Waals surface area contributed by atoms with Crippen LogP contribution in [0.15, 0.2) is 102 Å².